The molecule has 0 saturated heterocycles. The van der Waals surface area contributed by atoms with Crippen LogP contribution in [-0.4, -0.2) is 9.55 Å². The first kappa shape index (κ1) is 14.2. The van der Waals surface area contributed by atoms with Gasteiger partial charge in [0.15, 0.2) is 0 Å². The number of aryl methyl sites for hydroxylation is 3. The second kappa shape index (κ2) is 5.19. The molecule has 21 heavy (non-hydrogen) atoms. The summed E-state index contributed by atoms with van der Waals surface area (Å²) in [5.74, 6) is 0.891. The molecule has 0 spiro atoms. The van der Waals surface area contributed by atoms with E-state index in [-0.39, 0.29) is 5.38 Å². The monoisotopic (exact) mass is 298 g/mol. The molecule has 2 aromatic carbocycles. The third kappa shape index (κ3) is 2.56. The zero-order valence-corrected chi connectivity index (χ0v) is 13.6. The summed E-state index contributed by atoms with van der Waals surface area (Å²) in [6, 6.07) is 12.9. The molecule has 108 valence electrons. The highest BCUT2D eigenvalue weighted by molar-refractivity contribution is 6.20. The van der Waals surface area contributed by atoms with Crippen molar-refractivity contribution >= 4 is 22.6 Å². The maximum atomic E-state index is 6.37. The Morgan fingerprint density at radius 3 is 2.24 bits per heavy atom. The predicted molar refractivity (Wildman–Crippen MR) is 89.5 cm³/mol. The fourth-order valence-corrected chi connectivity index (χ4v) is 2.97. The normalized spacial score (nSPS) is 12.8. The van der Waals surface area contributed by atoms with Crippen LogP contribution in [-0.2, 0) is 0 Å². The lowest BCUT2D eigenvalue weighted by molar-refractivity contribution is 0.881. The van der Waals surface area contributed by atoms with Crippen molar-refractivity contribution in [1.82, 2.24) is 9.55 Å². The largest absolute Gasteiger partial charge is 0.295 e. The van der Waals surface area contributed by atoms with Gasteiger partial charge in [-0.15, -0.1) is 11.6 Å². The molecule has 0 bridgehead atoms. The van der Waals surface area contributed by atoms with Gasteiger partial charge in [-0.2, -0.15) is 0 Å². The summed E-state index contributed by atoms with van der Waals surface area (Å²) in [7, 11) is 0. The number of imidazole rings is 1. The molecule has 3 heteroatoms. The van der Waals surface area contributed by atoms with Crippen molar-refractivity contribution in [2.24, 2.45) is 0 Å². The van der Waals surface area contributed by atoms with Crippen LogP contribution >= 0.6 is 11.6 Å². The third-order valence-corrected chi connectivity index (χ3v) is 3.85. The quantitative estimate of drug-likeness (QED) is 0.591. The molecule has 0 aliphatic heterocycles. The van der Waals surface area contributed by atoms with Crippen LogP contribution < -0.4 is 0 Å². The molecule has 0 aliphatic rings. The van der Waals surface area contributed by atoms with Gasteiger partial charge in [-0.25, -0.2) is 4.98 Å². The number of benzene rings is 2. The minimum absolute atomic E-state index is 0.140. The lowest BCUT2D eigenvalue weighted by Crippen LogP contribution is -2.02. The highest BCUT2D eigenvalue weighted by Crippen LogP contribution is 2.29. The van der Waals surface area contributed by atoms with Crippen LogP contribution in [0, 0.1) is 20.8 Å². The van der Waals surface area contributed by atoms with E-state index in [4.69, 9.17) is 16.6 Å². The van der Waals surface area contributed by atoms with Gasteiger partial charge in [0.05, 0.1) is 16.4 Å². The minimum Gasteiger partial charge on any atom is -0.295 e. The molecule has 0 radical (unpaired) electrons. The fourth-order valence-electron chi connectivity index (χ4n) is 2.83. The average Bonchev–Trinajstić information content (AvgIpc) is 2.76. The molecule has 0 N–H and O–H groups in total. The first-order valence-corrected chi connectivity index (χ1v) is 7.61. The summed E-state index contributed by atoms with van der Waals surface area (Å²) in [6.07, 6.45) is 0. The van der Waals surface area contributed by atoms with Crippen LogP contribution in [0.3, 0.4) is 0 Å². The number of aromatic nitrogens is 2. The molecule has 3 rings (SSSR count). The van der Waals surface area contributed by atoms with Crippen molar-refractivity contribution in [1.29, 1.82) is 0 Å². The van der Waals surface area contributed by atoms with E-state index >= 15 is 0 Å². The Kier molecular flexibility index (Phi) is 3.50. The number of halogens is 1. The summed E-state index contributed by atoms with van der Waals surface area (Å²) in [5, 5.41) is -0.140. The van der Waals surface area contributed by atoms with Gasteiger partial charge in [-0.3, -0.25) is 4.57 Å². The minimum atomic E-state index is -0.140. The fraction of sp³-hybridized carbons (Fsp3) is 0.278. The van der Waals surface area contributed by atoms with E-state index in [0.29, 0.717) is 0 Å². The van der Waals surface area contributed by atoms with Gasteiger partial charge in [0.2, 0.25) is 0 Å². The van der Waals surface area contributed by atoms with Crippen molar-refractivity contribution in [3.05, 3.63) is 58.9 Å². The van der Waals surface area contributed by atoms with E-state index in [1.54, 1.807) is 0 Å². The lowest BCUT2D eigenvalue weighted by atomic mass is 10.1. The zero-order valence-electron chi connectivity index (χ0n) is 12.8. The van der Waals surface area contributed by atoms with Gasteiger partial charge >= 0.3 is 0 Å². The van der Waals surface area contributed by atoms with Gasteiger partial charge in [0.25, 0.3) is 0 Å². The number of fused-ring (bicyclic) bond motifs is 1. The molecular formula is C18H19ClN2. The number of alkyl halides is 1. The lowest BCUT2D eigenvalue weighted by Gasteiger charge is -2.12. The Balaban J connectivity index is 2.36. The van der Waals surface area contributed by atoms with Crippen molar-refractivity contribution in [2.75, 3.05) is 0 Å². The average molecular weight is 299 g/mol. The number of hydrogen-bond donors (Lipinski definition) is 0. The van der Waals surface area contributed by atoms with E-state index < -0.39 is 0 Å². The molecule has 1 atom stereocenters. The van der Waals surface area contributed by atoms with E-state index in [9.17, 15) is 0 Å². The Morgan fingerprint density at radius 1 is 0.952 bits per heavy atom. The molecule has 1 unspecified atom stereocenters. The van der Waals surface area contributed by atoms with Crippen LogP contribution in [0.2, 0.25) is 0 Å². The van der Waals surface area contributed by atoms with Crippen LogP contribution in [0.15, 0.2) is 36.4 Å². The summed E-state index contributed by atoms with van der Waals surface area (Å²) in [4.78, 5) is 4.74. The molecule has 0 fully saturated rings. The maximum absolute atomic E-state index is 6.37. The van der Waals surface area contributed by atoms with Crippen molar-refractivity contribution in [3.8, 4) is 5.69 Å². The highest BCUT2D eigenvalue weighted by atomic mass is 35.5. The topological polar surface area (TPSA) is 17.8 Å². The van der Waals surface area contributed by atoms with Crippen molar-refractivity contribution in [3.63, 3.8) is 0 Å². The SMILES string of the molecule is Cc1cc(C)cc(-n2c(C(C)Cl)nc3cc(C)ccc32)c1. The van der Waals surface area contributed by atoms with E-state index in [2.05, 4.69) is 61.7 Å². The molecule has 2 nitrogen and oxygen atoms in total. The van der Waals surface area contributed by atoms with Crippen molar-refractivity contribution < 1.29 is 0 Å². The molecule has 0 saturated carbocycles. The van der Waals surface area contributed by atoms with E-state index in [0.717, 1.165) is 22.5 Å². The van der Waals surface area contributed by atoms with E-state index in [1.807, 2.05) is 6.92 Å². The maximum Gasteiger partial charge on any atom is 0.132 e. The summed E-state index contributed by atoms with van der Waals surface area (Å²) >= 11 is 6.37. The van der Waals surface area contributed by atoms with Crippen molar-refractivity contribution in [2.45, 2.75) is 33.1 Å². The Hall–Kier alpha value is -1.80. The third-order valence-electron chi connectivity index (χ3n) is 3.66. The summed E-state index contributed by atoms with van der Waals surface area (Å²) in [5.41, 5.74) is 6.92. The Bertz CT molecular complexity index is 795. The number of nitrogens with zero attached hydrogens (tertiary/aromatic N) is 2. The van der Waals surface area contributed by atoms with Gasteiger partial charge in [-0.1, -0.05) is 12.1 Å². The first-order chi connectivity index (χ1) is 9.95. The zero-order chi connectivity index (χ0) is 15.1. The van der Waals surface area contributed by atoms with Gasteiger partial charge in [0, 0.05) is 5.69 Å². The summed E-state index contributed by atoms with van der Waals surface area (Å²) < 4.78 is 2.17. The molecule has 0 aliphatic carbocycles. The van der Waals surface area contributed by atoms with Gasteiger partial charge in [-0.05, 0) is 68.7 Å². The number of hydrogen-bond acceptors (Lipinski definition) is 1. The summed E-state index contributed by atoms with van der Waals surface area (Å²) in [6.45, 7) is 8.28. The first-order valence-electron chi connectivity index (χ1n) is 7.17. The molecule has 1 heterocycles. The Morgan fingerprint density at radius 2 is 1.62 bits per heavy atom. The number of rotatable bonds is 2. The van der Waals surface area contributed by atoms with Crippen LogP contribution in [0.1, 0.15) is 34.8 Å². The second-order valence-corrected chi connectivity index (χ2v) is 6.41. The second-order valence-electron chi connectivity index (χ2n) is 5.76. The molecule has 0 amide bonds. The van der Waals surface area contributed by atoms with Crippen LogP contribution in [0.5, 0.6) is 0 Å². The molecular weight excluding hydrogens is 280 g/mol. The van der Waals surface area contributed by atoms with Crippen LogP contribution in [0.4, 0.5) is 0 Å². The standard InChI is InChI=1S/C18H19ClN2/c1-11-5-6-17-16(10-11)20-18(14(4)19)21(17)15-8-12(2)7-13(3)9-15/h5-10,14H,1-4H3. The Labute approximate surface area is 130 Å². The van der Waals surface area contributed by atoms with E-state index in [1.165, 1.54) is 16.7 Å². The van der Waals surface area contributed by atoms with Gasteiger partial charge < -0.3 is 0 Å². The predicted octanol–water partition coefficient (Wildman–Crippen LogP) is 5.25. The van der Waals surface area contributed by atoms with Crippen LogP contribution in [0.25, 0.3) is 16.7 Å². The smallest absolute Gasteiger partial charge is 0.132 e. The molecule has 3 aromatic rings. The molecule has 1 aromatic heterocycles. The van der Waals surface area contributed by atoms with Gasteiger partial charge in [0.1, 0.15) is 5.82 Å². The highest BCUT2D eigenvalue weighted by Gasteiger charge is 2.16.